The van der Waals surface area contributed by atoms with Crippen molar-refractivity contribution in [1.29, 1.82) is 0 Å². The fourth-order valence-corrected chi connectivity index (χ4v) is 5.17. The zero-order valence-electron chi connectivity index (χ0n) is 23.8. The fourth-order valence-electron chi connectivity index (χ4n) is 3.97. The van der Waals surface area contributed by atoms with E-state index in [2.05, 4.69) is 10.3 Å². The number of nitrogens with zero attached hydrogens (tertiary/aromatic N) is 3. The number of hydrogen-bond acceptors (Lipinski definition) is 7. The molecule has 3 heterocycles. The predicted molar refractivity (Wildman–Crippen MR) is 156 cm³/mol. The van der Waals surface area contributed by atoms with Gasteiger partial charge in [0.15, 0.2) is 0 Å². The number of aromatic nitrogens is 2. The maximum atomic E-state index is 12.5. The molecule has 0 atom stereocenters. The van der Waals surface area contributed by atoms with E-state index in [1.165, 1.54) is 0 Å². The third-order valence-corrected chi connectivity index (χ3v) is 7.39. The highest BCUT2D eigenvalue weighted by Crippen LogP contribution is 2.30. The molecule has 0 unspecified atom stereocenters. The molecule has 4 rings (SSSR count). The fraction of sp³-hybridized carbons (Fsp3) is 0.467. The van der Waals surface area contributed by atoms with Crippen LogP contribution in [0.4, 0.5) is 4.79 Å². The minimum atomic E-state index is -0.474. The van der Waals surface area contributed by atoms with Crippen molar-refractivity contribution in [1.82, 2.24) is 20.2 Å². The number of thioether (sulfide) groups is 1. The molecule has 210 valence electrons. The smallest absolute Gasteiger partial charge is 0.410 e. The number of oxazole rings is 1. The molecule has 3 aromatic rings. The average Bonchev–Trinajstić information content (AvgIpc) is 3.32. The number of aryl methyl sites for hydroxylation is 1. The lowest BCUT2D eigenvalue weighted by Gasteiger charge is -2.33. The normalized spacial score (nSPS) is 13.8. The van der Waals surface area contributed by atoms with Crippen LogP contribution in [0.15, 0.2) is 53.2 Å². The van der Waals surface area contributed by atoms with Crippen LogP contribution in [0.2, 0.25) is 0 Å². The molecule has 39 heavy (non-hydrogen) atoms. The monoisotopic (exact) mass is 552 g/mol. The topological polar surface area (TPSA) is 97.6 Å². The second kappa shape index (κ2) is 14.2. The molecule has 1 saturated heterocycles. The van der Waals surface area contributed by atoms with Gasteiger partial charge in [-0.3, -0.25) is 9.78 Å². The molecule has 0 radical (unpaired) electrons. The summed E-state index contributed by atoms with van der Waals surface area (Å²) in [5, 5.41) is 3.37. The van der Waals surface area contributed by atoms with Gasteiger partial charge < -0.3 is 19.4 Å². The van der Waals surface area contributed by atoms with E-state index in [9.17, 15) is 9.59 Å². The average molecular weight is 553 g/mol. The van der Waals surface area contributed by atoms with E-state index < -0.39 is 5.60 Å². The Labute approximate surface area is 235 Å². The Morgan fingerprint density at radius 1 is 1.13 bits per heavy atom. The van der Waals surface area contributed by atoms with Gasteiger partial charge in [0.05, 0.1) is 5.69 Å². The van der Waals surface area contributed by atoms with Gasteiger partial charge in [-0.2, -0.15) is 11.8 Å². The Balaban J connectivity index is 0.00000205. The van der Waals surface area contributed by atoms with E-state index in [-0.39, 0.29) is 12.0 Å². The molecule has 2 aromatic heterocycles. The quantitative estimate of drug-likeness (QED) is 0.351. The standard InChI is InChI=1S/C28H34N4O4S.C2H6/c1-19-24(18-37-23-11-14-32(15-12-23)27(34)36-28(2,3)4)31-26(35-19)22-9-7-21(8-10-22)25(33)30-17-20-6-5-13-29-16-20;1-2/h5-10,13,16,23H,11-12,14-15,17-18H2,1-4H3,(H,30,33);1-2H3. The highest BCUT2D eigenvalue weighted by Gasteiger charge is 2.27. The number of benzene rings is 1. The minimum absolute atomic E-state index is 0.145. The lowest BCUT2D eigenvalue weighted by Crippen LogP contribution is -2.42. The first kappa shape index (κ1) is 30.2. The maximum absolute atomic E-state index is 12.5. The Morgan fingerprint density at radius 3 is 2.44 bits per heavy atom. The second-order valence-electron chi connectivity index (χ2n) is 10.1. The summed E-state index contributed by atoms with van der Waals surface area (Å²) in [6, 6.07) is 11.0. The van der Waals surface area contributed by atoms with Crippen LogP contribution >= 0.6 is 11.8 Å². The van der Waals surface area contributed by atoms with Crippen LogP contribution < -0.4 is 5.32 Å². The van der Waals surface area contributed by atoms with Gasteiger partial charge in [-0.15, -0.1) is 0 Å². The molecular formula is C30H40N4O4S. The molecular weight excluding hydrogens is 512 g/mol. The van der Waals surface area contributed by atoms with Crippen LogP contribution in [0.5, 0.6) is 0 Å². The van der Waals surface area contributed by atoms with Crippen molar-refractivity contribution >= 4 is 23.8 Å². The van der Waals surface area contributed by atoms with E-state index in [1.54, 1.807) is 29.4 Å². The Kier molecular flexibility index (Phi) is 11.0. The first-order valence-electron chi connectivity index (χ1n) is 13.5. The summed E-state index contributed by atoms with van der Waals surface area (Å²) in [6.45, 7) is 13.4. The number of amides is 2. The highest BCUT2D eigenvalue weighted by molar-refractivity contribution is 7.99. The van der Waals surface area contributed by atoms with Crippen molar-refractivity contribution in [2.24, 2.45) is 0 Å². The molecule has 2 amide bonds. The Hall–Kier alpha value is -3.33. The lowest BCUT2D eigenvalue weighted by molar-refractivity contribution is 0.0219. The Bertz CT molecular complexity index is 1200. The highest BCUT2D eigenvalue weighted by atomic mass is 32.2. The summed E-state index contributed by atoms with van der Waals surface area (Å²) in [4.78, 5) is 35.3. The number of pyridine rings is 1. The number of ether oxygens (including phenoxy) is 1. The number of likely N-dealkylation sites (tertiary alicyclic amines) is 1. The van der Waals surface area contributed by atoms with Crippen LogP contribution in [-0.4, -0.2) is 50.8 Å². The third kappa shape index (κ3) is 9.13. The molecule has 1 aliphatic heterocycles. The molecule has 0 saturated carbocycles. The molecule has 0 bridgehead atoms. The molecule has 1 aliphatic rings. The van der Waals surface area contributed by atoms with Crippen LogP contribution in [0.25, 0.3) is 11.5 Å². The number of piperidine rings is 1. The van der Waals surface area contributed by atoms with E-state index in [1.807, 2.05) is 77.6 Å². The molecule has 8 nitrogen and oxygen atoms in total. The zero-order chi connectivity index (χ0) is 28.4. The van der Waals surface area contributed by atoms with Gasteiger partial charge >= 0.3 is 6.09 Å². The molecule has 9 heteroatoms. The molecule has 1 N–H and O–H groups in total. The van der Waals surface area contributed by atoms with Crippen molar-refractivity contribution in [2.45, 2.75) is 77.5 Å². The summed E-state index contributed by atoms with van der Waals surface area (Å²) in [5.41, 5.74) is 2.80. The van der Waals surface area contributed by atoms with Crippen molar-refractivity contribution in [3.05, 3.63) is 71.4 Å². The van der Waals surface area contributed by atoms with E-state index in [0.717, 1.165) is 41.2 Å². The molecule has 0 aliphatic carbocycles. The summed E-state index contributed by atoms with van der Waals surface area (Å²) in [6.07, 6.45) is 5.06. The zero-order valence-corrected chi connectivity index (χ0v) is 24.6. The number of hydrogen-bond donors (Lipinski definition) is 1. The van der Waals surface area contributed by atoms with Gasteiger partial charge in [-0.1, -0.05) is 19.9 Å². The van der Waals surface area contributed by atoms with Gasteiger partial charge in [0.2, 0.25) is 5.89 Å². The maximum Gasteiger partial charge on any atom is 0.410 e. The van der Waals surface area contributed by atoms with E-state index in [4.69, 9.17) is 14.1 Å². The van der Waals surface area contributed by atoms with Crippen LogP contribution in [-0.2, 0) is 17.0 Å². The van der Waals surface area contributed by atoms with Crippen molar-refractivity contribution in [2.75, 3.05) is 13.1 Å². The summed E-state index contributed by atoms with van der Waals surface area (Å²) >= 11 is 1.85. The SMILES string of the molecule is CC.Cc1oc(-c2ccc(C(=O)NCc3cccnc3)cc2)nc1CSC1CCN(C(=O)OC(C)(C)C)CC1. The van der Waals surface area contributed by atoms with E-state index >= 15 is 0 Å². The largest absolute Gasteiger partial charge is 0.444 e. The van der Waals surface area contributed by atoms with Gasteiger partial charge in [-0.25, -0.2) is 9.78 Å². The van der Waals surface area contributed by atoms with Crippen molar-refractivity contribution in [3.8, 4) is 11.5 Å². The molecule has 1 aromatic carbocycles. The van der Waals surface area contributed by atoms with Crippen molar-refractivity contribution < 1.29 is 18.7 Å². The second-order valence-corrected chi connectivity index (χ2v) is 11.4. The van der Waals surface area contributed by atoms with Gasteiger partial charge in [-0.05, 0) is 76.4 Å². The lowest BCUT2D eigenvalue weighted by atomic mass is 10.1. The van der Waals surface area contributed by atoms with Crippen LogP contribution in [0, 0.1) is 6.92 Å². The summed E-state index contributed by atoms with van der Waals surface area (Å²) in [5.74, 6) is 1.96. The van der Waals surface area contributed by atoms with Crippen LogP contribution in [0.3, 0.4) is 0 Å². The minimum Gasteiger partial charge on any atom is -0.444 e. The molecule has 1 fully saturated rings. The van der Waals surface area contributed by atoms with E-state index in [0.29, 0.717) is 36.3 Å². The summed E-state index contributed by atoms with van der Waals surface area (Å²) in [7, 11) is 0. The Morgan fingerprint density at radius 2 is 1.82 bits per heavy atom. The third-order valence-electron chi connectivity index (χ3n) is 6.01. The van der Waals surface area contributed by atoms with Crippen molar-refractivity contribution in [3.63, 3.8) is 0 Å². The van der Waals surface area contributed by atoms with Gasteiger partial charge in [0.1, 0.15) is 11.4 Å². The summed E-state index contributed by atoms with van der Waals surface area (Å²) < 4.78 is 11.4. The number of carbonyl (C=O) groups excluding carboxylic acids is 2. The first-order valence-corrected chi connectivity index (χ1v) is 14.6. The number of nitrogens with one attached hydrogen (secondary N) is 1. The number of rotatable bonds is 7. The van der Waals surface area contributed by atoms with Crippen LogP contribution in [0.1, 0.15) is 74.8 Å². The van der Waals surface area contributed by atoms with Gasteiger partial charge in [0.25, 0.3) is 5.91 Å². The first-order chi connectivity index (χ1) is 18.7. The number of carbonyl (C=O) groups is 2. The molecule has 0 spiro atoms. The van der Waals surface area contributed by atoms with Gasteiger partial charge in [0, 0.05) is 54.2 Å². The predicted octanol–water partition coefficient (Wildman–Crippen LogP) is 6.63.